The van der Waals surface area contributed by atoms with Gasteiger partial charge in [-0.25, -0.2) is 0 Å². The van der Waals surface area contributed by atoms with Crippen molar-refractivity contribution < 1.29 is 9.59 Å². The second-order valence-electron chi connectivity index (χ2n) is 6.37. The van der Waals surface area contributed by atoms with Crippen LogP contribution in [-0.2, 0) is 4.79 Å². The maximum atomic E-state index is 12.2. The van der Waals surface area contributed by atoms with E-state index in [0.29, 0.717) is 21.8 Å². The van der Waals surface area contributed by atoms with Crippen LogP contribution in [0.5, 0.6) is 0 Å². The number of anilines is 1. The maximum absolute atomic E-state index is 12.2. The van der Waals surface area contributed by atoms with Crippen LogP contribution in [-0.4, -0.2) is 16.7 Å². The molecule has 1 aromatic carbocycles. The normalized spacial score (nSPS) is 11.5. The van der Waals surface area contributed by atoms with Crippen molar-refractivity contribution >= 4 is 35.1 Å². The average molecular weight is 343 g/mol. The van der Waals surface area contributed by atoms with Crippen molar-refractivity contribution in [1.29, 1.82) is 0 Å². The van der Waals surface area contributed by atoms with E-state index in [4.69, 9.17) is 11.6 Å². The molecule has 0 aliphatic carbocycles. The SMILES string of the molecule is CC(C)(C)C(=O)Nc1ccncc1/C=C/C(=O)c1ccc(Cl)cc1. The van der Waals surface area contributed by atoms with Gasteiger partial charge in [0.2, 0.25) is 5.91 Å². The van der Waals surface area contributed by atoms with Gasteiger partial charge < -0.3 is 5.32 Å². The second-order valence-corrected chi connectivity index (χ2v) is 6.81. The summed E-state index contributed by atoms with van der Waals surface area (Å²) < 4.78 is 0. The molecular weight excluding hydrogens is 324 g/mol. The molecule has 5 heteroatoms. The summed E-state index contributed by atoms with van der Waals surface area (Å²) >= 11 is 5.82. The van der Waals surface area contributed by atoms with Crippen LogP contribution < -0.4 is 5.32 Å². The van der Waals surface area contributed by atoms with Crippen LogP contribution >= 0.6 is 11.6 Å². The Morgan fingerprint density at radius 3 is 2.42 bits per heavy atom. The lowest BCUT2D eigenvalue weighted by Crippen LogP contribution is -2.27. The molecule has 0 saturated carbocycles. The van der Waals surface area contributed by atoms with Crippen LogP contribution in [0.15, 0.2) is 48.8 Å². The van der Waals surface area contributed by atoms with Gasteiger partial charge in [0.1, 0.15) is 0 Å². The van der Waals surface area contributed by atoms with Crippen molar-refractivity contribution in [2.24, 2.45) is 5.41 Å². The second kappa shape index (κ2) is 7.41. The highest BCUT2D eigenvalue weighted by atomic mass is 35.5. The van der Waals surface area contributed by atoms with E-state index >= 15 is 0 Å². The molecule has 1 amide bonds. The van der Waals surface area contributed by atoms with Crippen molar-refractivity contribution in [3.63, 3.8) is 0 Å². The molecule has 1 aromatic heterocycles. The van der Waals surface area contributed by atoms with E-state index in [9.17, 15) is 9.59 Å². The highest BCUT2D eigenvalue weighted by molar-refractivity contribution is 6.30. The van der Waals surface area contributed by atoms with Crippen LogP contribution in [0.3, 0.4) is 0 Å². The monoisotopic (exact) mass is 342 g/mol. The third-order valence-corrected chi connectivity index (χ3v) is 3.58. The Bertz CT molecular complexity index is 775. The number of pyridine rings is 1. The van der Waals surface area contributed by atoms with Crippen molar-refractivity contribution in [2.75, 3.05) is 5.32 Å². The topological polar surface area (TPSA) is 59.1 Å². The number of ketones is 1. The first-order valence-electron chi connectivity index (χ1n) is 7.51. The van der Waals surface area contributed by atoms with Crippen LogP contribution in [0.25, 0.3) is 6.08 Å². The predicted octanol–water partition coefficient (Wildman–Crippen LogP) is 4.62. The smallest absolute Gasteiger partial charge is 0.229 e. The van der Waals surface area contributed by atoms with Gasteiger partial charge >= 0.3 is 0 Å². The summed E-state index contributed by atoms with van der Waals surface area (Å²) in [7, 11) is 0. The van der Waals surface area contributed by atoms with Gasteiger partial charge in [-0.15, -0.1) is 0 Å². The summed E-state index contributed by atoms with van der Waals surface area (Å²) in [6.45, 7) is 5.51. The lowest BCUT2D eigenvalue weighted by atomic mass is 9.95. The minimum atomic E-state index is -0.511. The predicted molar refractivity (Wildman–Crippen MR) is 97.1 cm³/mol. The number of allylic oxidation sites excluding steroid dienone is 1. The minimum Gasteiger partial charge on any atom is -0.325 e. The summed E-state index contributed by atoms with van der Waals surface area (Å²) in [5.74, 6) is -0.254. The van der Waals surface area contributed by atoms with Crippen LogP contribution in [0.1, 0.15) is 36.7 Å². The van der Waals surface area contributed by atoms with Crippen LogP contribution in [0.2, 0.25) is 5.02 Å². The molecule has 0 saturated heterocycles. The number of carbonyl (C=O) groups excluding carboxylic acids is 2. The van der Waals surface area contributed by atoms with Gasteiger partial charge in [-0.2, -0.15) is 0 Å². The molecule has 0 aliphatic rings. The zero-order chi connectivity index (χ0) is 17.7. The van der Waals surface area contributed by atoms with Crippen molar-refractivity contribution in [3.8, 4) is 0 Å². The number of halogens is 1. The van der Waals surface area contributed by atoms with Crippen molar-refractivity contribution in [3.05, 3.63) is 65.0 Å². The first kappa shape index (κ1) is 17.9. The summed E-state index contributed by atoms with van der Waals surface area (Å²) in [6.07, 6.45) is 6.29. The number of amides is 1. The Morgan fingerprint density at radius 2 is 1.79 bits per heavy atom. The third kappa shape index (κ3) is 4.77. The first-order valence-corrected chi connectivity index (χ1v) is 7.88. The Labute approximate surface area is 146 Å². The maximum Gasteiger partial charge on any atom is 0.229 e. The number of carbonyl (C=O) groups is 2. The van der Waals surface area contributed by atoms with Crippen molar-refractivity contribution in [2.45, 2.75) is 20.8 Å². The van der Waals surface area contributed by atoms with E-state index in [1.165, 1.54) is 6.08 Å². The molecule has 0 radical (unpaired) electrons. The van der Waals surface area contributed by atoms with Gasteiger partial charge in [0, 0.05) is 34.0 Å². The molecule has 124 valence electrons. The highest BCUT2D eigenvalue weighted by Crippen LogP contribution is 2.21. The zero-order valence-electron chi connectivity index (χ0n) is 13.8. The van der Waals surface area contributed by atoms with Gasteiger partial charge in [-0.1, -0.05) is 32.4 Å². The molecule has 0 fully saturated rings. The lowest BCUT2D eigenvalue weighted by molar-refractivity contribution is -0.123. The fraction of sp³-hybridized carbons (Fsp3) is 0.211. The average Bonchev–Trinajstić information content (AvgIpc) is 2.53. The molecular formula is C19H19ClN2O2. The number of hydrogen-bond donors (Lipinski definition) is 1. The minimum absolute atomic E-state index is 0.104. The van der Waals surface area contributed by atoms with Crippen molar-refractivity contribution in [1.82, 2.24) is 4.98 Å². The van der Waals surface area contributed by atoms with Gasteiger partial charge in [-0.3, -0.25) is 14.6 Å². The van der Waals surface area contributed by atoms with Gasteiger partial charge in [0.25, 0.3) is 0 Å². The largest absolute Gasteiger partial charge is 0.325 e. The quantitative estimate of drug-likeness (QED) is 0.651. The Morgan fingerprint density at radius 1 is 1.12 bits per heavy atom. The standard InChI is InChI=1S/C19H19ClN2O2/c1-19(2,3)18(24)22-16-10-11-21-12-14(16)6-9-17(23)13-4-7-15(20)8-5-13/h4-12H,1-3H3,(H,21,22,24)/b9-6+. The molecule has 1 N–H and O–H groups in total. The number of rotatable bonds is 4. The summed E-state index contributed by atoms with van der Waals surface area (Å²) in [5, 5.41) is 3.44. The van der Waals surface area contributed by atoms with Gasteiger partial charge in [0.15, 0.2) is 5.78 Å². The highest BCUT2D eigenvalue weighted by Gasteiger charge is 2.21. The Kier molecular flexibility index (Phi) is 5.52. The summed E-state index contributed by atoms with van der Waals surface area (Å²) in [5.41, 5.74) is 1.31. The lowest BCUT2D eigenvalue weighted by Gasteiger charge is -2.18. The molecule has 0 spiro atoms. The molecule has 0 unspecified atom stereocenters. The molecule has 0 bridgehead atoms. The van der Waals surface area contributed by atoms with E-state index in [1.807, 2.05) is 20.8 Å². The van der Waals surface area contributed by atoms with E-state index < -0.39 is 5.41 Å². The molecule has 24 heavy (non-hydrogen) atoms. The Balaban J connectivity index is 2.19. The molecule has 4 nitrogen and oxygen atoms in total. The molecule has 2 aromatic rings. The third-order valence-electron chi connectivity index (χ3n) is 3.32. The molecule has 1 heterocycles. The number of hydrogen-bond acceptors (Lipinski definition) is 3. The van der Waals surface area contributed by atoms with Crippen LogP contribution in [0, 0.1) is 5.41 Å². The summed E-state index contributed by atoms with van der Waals surface area (Å²) in [4.78, 5) is 28.4. The van der Waals surface area contributed by atoms with Crippen LogP contribution in [0.4, 0.5) is 5.69 Å². The summed E-state index contributed by atoms with van der Waals surface area (Å²) in [6, 6.07) is 8.38. The zero-order valence-corrected chi connectivity index (χ0v) is 14.6. The first-order chi connectivity index (χ1) is 11.3. The van der Waals surface area contributed by atoms with E-state index in [1.54, 1.807) is 48.8 Å². The fourth-order valence-corrected chi connectivity index (χ4v) is 1.96. The van der Waals surface area contributed by atoms with E-state index in [2.05, 4.69) is 10.3 Å². The number of nitrogens with one attached hydrogen (secondary N) is 1. The number of nitrogens with zero attached hydrogens (tertiary/aromatic N) is 1. The fourth-order valence-electron chi connectivity index (χ4n) is 1.84. The van der Waals surface area contributed by atoms with Gasteiger partial charge in [-0.05, 0) is 42.5 Å². The number of aromatic nitrogens is 1. The molecule has 2 rings (SSSR count). The molecule has 0 atom stereocenters. The van der Waals surface area contributed by atoms with E-state index in [0.717, 1.165) is 0 Å². The van der Waals surface area contributed by atoms with Gasteiger partial charge in [0.05, 0.1) is 5.69 Å². The molecule has 0 aliphatic heterocycles. The van der Waals surface area contributed by atoms with E-state index in [-0.39, 0.29) is 11.7 Å². The Hall–Kier alpha value is -2.46. The number of benzene rings is 1.